The van der Waals surface area contributed by atoms with Crippen LogP contribution in [0.3, 0.4) is 0 Å². The van der Waals surface area contributed by atoms with Crippen LogP contribution in [0.5, 0.6) is 0 Å². The largest absolute Gasteiger partial charge is 0.440 e. The summed E-state index contributed by atoms with van der Waals surface area (Å²) >= 11 is 0. The number of esters is 2. The molecule has 2 aromatic carbocycles. The Hall–Kier alpha value is -4.20. The number of unbranched alkanes of at least 4 members (excludes halogenated alkanes) is 1. The Morgan fingerprint density at radius 3 is 1.42 bits per heavy atom. The average molecular weight is 485 g/mol. The van der Waals surface area contributed by atoms with Gasteiger partial charge in [-0.3, -0.25) is 9.59 Å². The van der Waals surface area contributed by atoms with Crippen molar-refractivity contribution in [3.63, 3.8) is 0 Å². The van der Waals surface area contributed by atoms with Gasteiger partial charge in [-0.05, 0) is 25.0 Å². The number of nitrogens with zero attached hydrogens (tertiary/aromatic N) is 2. The van der Waals surface area contributed by atoms with Gasteiger partial charge < -0.3 is 19.3 Å². The first-order valence-electron chi connectivity index (χ1n) is 11.9. The molecule has 36 heavy (non-hydrogen) atoms. The molecule has 182 valence electrons. The van der Waals surface area contributed by atoms with Crippen molar-refractivity contribution >= 4 is 35.1 Å². The second-order valence-corrected chi connectivity index (χ2v) is 9.65. The molecular weight excluding hydrogens is 460 g/mol. The van der Waals surface area contributed by atoms with E-state index in [1.54, 1.807) is 9.80 Å². The van der Waals surface area contributed by atoms with Crippen molar-refractivity contribution < 1.29 is 28.7 Å². The normalized spacial score (nSPS) is 26.3. The summed E-state index contributed by atoms with van der Waals surface area (Å²) in [4.78, 5) is 54.5. The molecule has 0 saturated carbocycles. The molecule has 0 aromatic heterocycles. The number of anilines is 2. The lowest BCUT2D eigenvalue weighted by atomic mass is 9.91. The molecule has 0 radical (unpaired) electrons. The maximum Gasteiger partial charge on any atom is 0.335 e. The predicted octanol–water partition coefficient (Wildman–Crippen LogP) is 3.26. The number of fused-ring (bicyclic) bond motifs is 4. The number of hydrogen-bond acceptors (Lipinski definition) is 6. The van der Waals surface area contributed by atoms with E-state index in [1.165, 1.54) is 0 Å². The van der Waals surface area contributed by atoms with Crippen molar-refractivity contribution in [1.29, 1.82) is 0 Å². The Morgan fingerprint density at radius 1 is 0.667 bits per heavy atom. The van der Waals surface area contributed by atoms with Gasteiger partial charge in [0.2, 0.25) is 11.2 Å². The van der Waals surface area contributed by atoms with E-state index in [9.17, 15) is 19.2 Å². The van der Waals surface area contributed by atoms with Crippen LogP contribution in [0.15, 0.2) is 72.8 Å². The first kappa shape index (κ1) is 22.3. The van der Waals surface area contributed by atoms with Gasteiger partial charge in [0.15, 0.2) is 0 Å². The maximum atomic E-state index is 13.5. The minimum atomic E-state index is -1.34. The molecule has 4 aliphatic heterocycles. The lowest BCUT2D eigenvalue weighted by Gasteiger charge is -2.24. The Morgan fingerprint density at radius 2 is 1.06 bits per heavy atom. The van der Waals surface area contributed by atoms with Gasteiger partial charge in [0.05, 0.1) is 11.4 Å². The smallest absolute Gasteiger partial charge is 0.335 e. The van der Waals surface area contributed by atoms with Crippen LogP contribution in [-0.4, -0.2) is 36.8 Å². The fourth-order valence-electron chi connectivity index (χ4n) is 5.79. The van der Waals surface area contributed by atoms with Gasteiger partial charge in [0.1, 0.15) is 0 Å². The van der Waals surface area contributed by atoms with Gasteiger partial charge in [0.25, 0.3) is 11.8 Å². The van der Waals surface area contributed by atoms with Gasteiger partial charge in [0, 0.05) is 48.2 Å². The van der Waals surface area contributed by atoms with Crippen molar-refractivity contribution in [2.45, 2.75) is 36.9 Å². The van der Waals surface area contributed by atoms with E-state index in [2.05, 4.69) is 13.2 Å². The maximum absolute atomic E-state index is 13.5. The van der Waals surface area contributed by atoms with Crippen molar-refractivity contribution in [2.75, 3.05) is 22.9 Å². The van der Waals surface area contributed by atoms with E-state index >= 15 is 0 Å². The highest BCUT2D eigenvalue weighted by Gasteiger charge is 2.59. The summed E-state index contributed by atoms with van der Waals surface area (Å²) in [5.41, 5.74) is 0.703. The lowest BCUT2D eigenvalue weighted by Crippen LogP contribution is -2.41. The predicted molar refractivity (Wildman–Crippen MR) is 130 cm³/mol. The Balaban J connectivity index is 1.18. The first-order chi connectivity index (χ1) is 17.3. The van der Waals surface area contributed by atoms with Crippen LogP contribution in [-0.2, 0) is 39.9 Å². The van der Waals surface area contributed by atoms with Crippen LogP contribution >= 0.6 is 0 Å². The molecular formula is C28H24N2O6. The summed E-state index contributed by atoms with van der Waals surface area (Å²) in [5, 5.41) is 0. The summed E-state index contributed by atoms with van der Waals surface area (Å²) in [6, 6.07) is 14.7. The molecule has 2 atom stereocenters. The molecule has 2 amide bonds. The highest BCUT2D eigenvalue weighted by molar-refractivity contribution is 6.12. The fraction of sp³-hybridized carbons (Fsp3) is 0.286. The molecule has 2 unspecified atom stereocenters. The Labute approximate surface area is 207 Å². The van der Waals surface area contributed by atoms with Crippen molar-refractivity contribution in [3.05, 3.63) is 84.0 Å². The van der Waals surface area contributed by atoms with E-state index in [4.69, 9.17) is 9.47 Å². The van der Waals surface area contributed by atoms with E-state index in [1.807, 2.05) is 48.5 Å². The van der Waals surface area contributed by atoms with E-state index in [0.717, 1.165) is 11.4 Å². The molecule has 8 nitrogen and oxygen atoms in total. The molecule has 2 fully saturated rings. The summed E-state index contributed by atoms with van der Waals surface area (Å²) in [5.74, 6) is -1.63. The number of carbonyl (C=O) groups is 4. The van der Waals surface area contributed by atoms with Crippen LogP contribution in [0, 0.1) is 0 Å². The zero-order chi connectivity index (χ0) is 25.2. The molecule has 8 heteroatoms. The summed E-state index contributed by atoms with van der Waals surface area (Å²) in [7, 11) is 0. The van der Waals surface area contributed by atoms with Gasteiger partial charge in [-0.1, -0.05) is 49.6 Å². The third-order valence-corrected chi connectivity index (χ3v) is 7.49. The minimum absolute atomic E-state index is 0.142. The van der Waals surface area contributed by atoms with Crippen LogP contribution in [0.1, 0.15) is 36.8 Å². The third-order valence-electron chi connectivity index (χ3n) is 7.49. The van der Waals surface area contributed by atoms with E-state index in [-0.39, 0.29) is 35.8 Å². The molecule has 0 N–H and O–H groups in total. The van der Waals surface area contributed by atoms with Crippen LogP contribution in [0.4, 0.5) is 11.4 Å². The SMILES string of the molecule is C=C1CC2(OC1=O)C(=O)N(CCCCN1C(=O)C3(CC(=C)C(=O)O3)c3ccccc31)c1ccccc12. The first-order valence-corrected chi connectivity index (χ1v) is 11.9. The van der Waals surface area contributed by atoms with Crippen molar-refractivity contribution in [2.24, 2.45) is 0 Å². The van der Waals surface area contributed by atoms with Crippen LogP contribution in [0.25, 0.3) is 0 Å². The van der Waals surface area contributed by atoms with Gasteiger partial charge in [-0.15, -0.1) is 0 Å². The lowest BCUT2D eigenvalue weighted by molar-refractivity contribution is -0.156. The second kappa shape index (κ2) is 7.65. The third kappa shape index (κ3) is 2.87. The zero-order valence-electron chi connectivity index (χ0n) is 19.6. The molecule has 4 aliphatic rings. The summed E-state index contributed by atoms with van der Waals surface area (Å²) in [6.07, 6.45) is 1.50. The quantitative estimate of drug-likeness (QED) is 0.368. The van der Waals surface area contributed by atoms with Gasteiger partial charge >= 0.3 is 11.9 Å². The van der Waals surface area contributed by atoms with Crippen LogP contribution in [0.2, 0.25) is 0 Å². The molecule has 2 aromatic rings. The Bertz CT molecular complexity index is 1250. The summed E-state index contributed by atoms with van der Waals surface area (Å²) in [6.45, 7) is 8.31. The number of carbonyl (C=O) groups excluding carboxylic acids is 4. The molecule has 6 rings (SSSR count). The molecule has 2 spiro atoms. The van der Waals surface area contributed by atoms with Crippen molar-refractivity contribution in [1.82, 2.24) is 0 Å². The zero-order valence-corrected chi connectivity index (χ0v) is 19.6. The van der Waals surface area contributed by atoms with E-state index < -0.39 is 23.1 Å². The fourth-order valence-corrected chi connectivity index (χ4v) is 5.79. The molecule has 2 saturated heterocycles. The summed E-state index contributed by atoms with van der Waals surface area (Å²) < 4.78 is 11.1. The Kier molecular flexibility index (Phi) is 4.73. The number of ether oxygens (including phenoxy) is 2. The molecule has 0 bridgehead atoms. The number of hydrogen-bond donors (Lipinski definition) is 0. The minimum Gasteiger partial charge on any atom is -0.440 e. The number of amides is 2. The second-order valence-electron chi connectivity index (χ2n) is 9.65. The standard InChI is InChI=1S/C28H24N2O6/c1-17-15-27(35-23(17)31)19-9-3-5-11-21(19)29(25(27)33)13-7-8-14-30-22-12-6-4-10-20(22)28(26(30)34)16-18(2)24(32)36-28/h3-6,9-12H,1-2,7-8,13-16H2. The monoisotopic (exact) mass is 484 g/mol. The van der Waals surface area contributed by atoms with E-state index in [0.29, 0.717) is 37.1 Å². The average Bonchev–Trinajstić information content (AvgIpc) is 3.50. The number of para-hydroxylation sites is 2. The van der Waals surface area contributed by atoms with Gasteiger partial charge in [-0.25, -0.2) is 9.59 Å². The molecule has 4 heterocycles. The highest BCUT2D eigenvalue weighted by Crippen LogP contribution is 2.51. The highest BCUT2D eigenvalue weighted by atomic mass is 16.6. The number of benzene rings is 2. The van der Waals surface area contributed by atoms with Crippen LogP contribution < -0.4 is 9.80 Å². The van der Waals surface area contributed by atoms with Crippen molar-refractivity contribution in [3.8, 4) is 0 Å². The molecule has 0 aliphatic carbocycles. The number of rotatable bonds is 5. The van der Waals surface area contributed by atoms with Gasteiger partial charge in [-0.2, -0.15) is 0 Å². The topological polar surface area (TPSA) is 93.2 Å².